The number of nitrogens with one attached hydrogen (secondary N) is 1. The van der Waals surface area contributed by atoms with Gasteiger partial charge in [-0.3, -0.25) is 10.1 Å². The maximum Gasteiger partial charge on any atom is 0.123 e. The number of rotatable bonds is 2. The Morgan fingerprint density at radius 2 is 2.14 bits per heavy atom. The fourth-order valence-corrected chi connectivity index (χ4v) is 2.78. The number of hydrogen-bond acceptors (Lipinski definition) is 3. The second-order valence-electron chi connectivity index (χ2n) is 5.21. The molecule has 4 heteroatoms. The van der Waals surface area contributed by atoms with Gasteiger partial charge in [-0.15, -0.1) is 0 Å². The highest BCUT2D eigenvalue weighted by Gasteiger charge is 2.18. The highest BCUT2D eigenvalue weighted by Crippen LogP contribution is 2.35. The van der Waals surface area contributed by atoms with Crippen LogP contribution in [0.2, 0.25) is 0 Å². The molecule has 0 radical (unpaired) electrons. The van der Waals surface area contributed by atoms with Crippen molar-refractivity contribution in [3.8, 4) is 28.3 Å². The predicted octanol–water partition coefficient (Wildman–Crippen LogP) is 3.38. The summed E-state index contributed by atoms with van der Waals surface area (Å²) in [6.45, 7) is 2.79. The van der Waals surface area contributed by atoms with Crippen LogP contribution in [0.4, 0.5) is 0 Å². The predicted molar refractivity (Wildman–Crippen MR) is 81.2 cm³/mol. The summed E-state index contributed by atoms with van der Waals surface area (Å²) in [7, 11) is 0. The number of fused-ring (bicyclic) bond motifs is 1. The summed E-state index contributed by atoms with van der Waals surface area (Å²) in [6, 6.07) is 12.2. The van der Waals surface area contributed by atoms with Crippen molar-refractivity contribution in [2.24, 2.45) is 0 Å². The third-order valence-electron chi connectivity index (χ3n) is 3.84. The summed E-state index contributed by atoms with van der Waals surface area (Å²) in [5.41, 5.74) is 6.24. The van der Waals surface area contributed by atoms with Gasteiger partial charge in [-0.25, -0.2) is 0 Å². The van der Waals surface area contributed by atoms with Crippen LogP contribution in [0.15, 0.2) is 42.6 Å². The monoisotopic (exact) mass is 277 g/mol. The van der Waals surface area contributed by atoms with Gasteiger partial charge in [-0.05, 0) is 30.7 Å². The maximum absolute atomic E-state index is 5.66. The molecule has 3 aromatic rings. The lowest BCUT2D eigenvalue weighted by Crippen LogP contribution is -1.88. The summed E-state index contributed by atoms with van der Waals surface area (Å²) < 4.78 is 5.66. The minimum Gasteiger partial charge on any atom is -0.493 e. The number of pyridine rings is 1. The zero-order valence-corrected chi connectivity index (χ0v) is 11.8. The number of aromatic nitrogens is 3. The second-order valence-corrected chi connectivity index (χ2v) is 5.21. The van der Waals surface area contributed by atoms with E-state index in [2.05, 4.69) is 33.4 Å². The minimum atomic E-state index is 0.769. The van der Waals surface area contributed by atoms with Crippen LogP contribution in [-0.4, -0.2) is 21.8 Å². The van der Waals surface area contributed by atoms with Crippen LogP contribution >= 0.6 is 0 Å². The van der Waals surface area contributed by atoms with Crippen molar-refractivity contribution < 1.29 is 4.74 Å². The van der Waals surface area contributed by atoms with Gasteiger partial charge in [0, 0.05) is 29.4 Å². The average Bonchev–Trinajstić information content (AvgIpc) is 3.13. The molecule has 1 aromatic carbocycles. The lowest BCUT2D eigenvalue weighted by molar-refractivity contribution is 0.357. The van der Waals surface area contributed by atoms with E-state index in [0.29, 0.717) is 0 Å². The molecule has 0 saturated carbocycles. The van der Waals surface area contributed by atoms with E-state index in [4.69, 9.17) is 4.74 Å². The van der Waals surface area contributed by atoms with E-state index in [1.165, 1.54) is 5.56 Å². The van der Waals surface area contributed by atoms with Crippen molar-refractivity contribution in [3.63, 3.8) is 0 Å². The van der Waals surface area contributed by atoms with Crippen LogP contribution in [0.5, 0.6) is 5.75 Å². The van der Waals surface area contributed by atoms with E-state index in [1.807, 2.05) is 25.1 Å². The smallest absolute Gasteiger partial charge is 0.123 e. The van der Waals surface area contributed by atoms with Crippen molar-refractivity contribution in [1.29, 1.82) is 0 Å². The van der Waals surface area contributed by atoms with Gasteiger partial charge in [0.15, 0.2) is 0 Å². The first-order chi connectivity index (χ1) is 10.3. The molecule has 0 bridgehead atoms. The largest absolute Gasteiger partial charge is 0.493 e. The van der Waals surface area contributed by atoms with Crippen molar-refractivity contribution in [2.45, 2.75) is 13.3 Å². The molecule has 0 amide bonds. The van der Waals surface area contributed by atoms with E-state index in [-0.39, 0.29) is 0 Å². The topological polar surface area (TPSA) is 50.8 Å². The molecule has 21 heavy (non-hydrogen) atoms. The molecule has 0 spiro atoms. The third-order valence-corrected chi connectivity index (χ3v) is 3.84. The van der Waals surface area contributed by atoms with Crippen LogP contribution in [-0.2, 0) is 6.42 Å². The second kappa shape index (κ2) is 4.74. The Kier molecular flexibility index (Phi) is 2.74. The van der Waals surface area contributed by atoms with Crippen LogP contribution in [0, 0.1) is 6.92 Å². The molecule has 1 aliphatic rings. The lowest BCUT2D eigenvalue weighted by atomic mass is 10.0. The van der Waals surface area contributed by atoms with Gasteiger partial charge in [0.25, 0.3) is 0 Å². The molecule has 4 rings (SSSR count). The van der Waals surface area contributed by atoms with E-state index >= 15 is 0 Å². The fourth-order valence-electron chi connectivity index (χ4n) is 2.78. The van der Waals surface area contributed by atoms with Gasteiger partial charge in [-0.1, -0.05) is 18.2 Å². The number of aryl methyl sites for hydroxylation is 1. The molecule has 0 aliphatic carbocycles. The molecule has 104 valence electrons. The first-order valence-electron chi connectivity index (χ1n) is 7.05. The number of hydrogen-bond donors (Lipinski definition) is 1. The van der Waals surface area contributed by atoms with Crippen molar-refractivity contribution in [2.75, 3.05) is 6.61 Å². The molecule has 1 N–H and O–H groups in total. The molecule has 4 nitrogen and oxygen atoms in total. The third kappa shape index (κ3) is 2.00. The van der Waals surface area contributed by atoms with Gasteiger partial charge < -0.3 is 4.74 Å². The van der Waals surface area contributed by atoms with E-state index in [9.17, 15) is 0 Å². The van der Waals surface area contributed by atoms with Crippen molar-refractivity contribution >= 4 is 0 Å². The number of nitrogens with zero attached hydrogens (tertiary/aromatic N) is 2. The zero-order chi connectivity index (χ0) is 14.2. The van der Waals surface area contributed by atoms with E-state index < -0.39 is 0 Å². The Morgan fingerprint density at radius 1 is 1.19 bits per heavy atom. The number of ether oxygens (including phenoxy) is 1. The molecule has 2 aromatic heterocycles. The molecule has 1 aliphatic heterocycles. The van der Waals surface area contributed by atoms with Gasteiger partial charge in [0.1, 0.15) is 11.4 Å². The van der Waals surface area contributed by atoms with Crippen molar-refractivity contribution in [1.82, 2.24) is 15.2 Å². The summed E-state index contributed by atoms with van der Waals surface area (Å²) in [6.07, 6.45) is 2.79. The standard InChI is InChI=1S/C17H15N3O/c1-11-16(14-4-2-3-8-18-14)17(20-19-11)13-6-5-12-7-9-21-15(12)10-13/h2-6,8,10H,7,9H2,1H3,(H,19,20). The summed E-state index contributed by atoms with van der Waals surface area (Å²) in [5.74, 6) is 0.972. The maximum atomic E-state index is 5.66. The molecule has 3 heterocycles. The Bertz CT molecular complexity index is 793. The van der Waals surface area contributed by atoms with Gasteiger partial charge in [0.05, 0.1) is 12.3 Å². The average molecular weight is 277 g/mol. The summed E-state index contributed by atoms with van der Waals surface area (Å²) in [4.78, 5) is 4.45. The highest BCUT2D eigenvalue weighted by molar-refractivity contribution is 5.81. The minimum absolute atomic E-state index is 0.769. The highest BCUT2D eigenvalue weighted by atomic mass is 16.5. The van der Waals surface area contributed by atoms with Crippen LogP contribution in [0.25, 0.3) is 22.5 Å². The first-order valence-corrected chi connectivity index (χ1v) is 7.05. The Hall–Kier alpha value is -2.62. The Labute approximate surface area is 122 Å². The molecule has 0 fully saturated rings. The van der Waals surface area contributed by atoms with Crippen LogP contribution < -0.4 is 4.74 Å². The van der Waals surface area contributed by atoms with E-state index in [0.717, 1.165) is 47.0 Å². The Balaban J connectivity index is 1.87. The lowest BCUT2D eigenvalue weighted by Gasteiger charge is -2.05. The molecular weight excluding hydrogens is 262 g/mol. The Morgan fingerprint density at radius 3 is 3.00 bits per heavy atom. The molecule has 0 atom stereocenters. The number of H-pyrrole nitrogens is 1. The van der Waals surface area contributed by atoms with Gasteiger partial charge >= 0.3 is 0 Å². The first kappa shape index (κ1) is 12.1. The number of benzene rings is 1. The van der Waals surface area contributed by atoms with Gasteiger partial charge in [0.2, 0.25) is 0 Å². The molecular formula is C17H15N3O. The number of aromatic amines is 1. The summed E-state index contributed by atoms with van der Waals surface area (Å²) in [5, 5.41) is 7.54. The zero-order valence-electron chi connectivity index (χ0n) is 11.8. The molecule has 0 unspecified atom stereocenters. The summed E-state index contributed by atoms with van der Waals surface area (Å²) >= 11 is 0. The fraction of sp³-hybridized carbons (Fsp3) is 0.176. The van der Waals surface area contributed by atoms with Crippen molar-refractivity contribution in [3.05, 3.63) is 53.9 Å². The van der Waals surface area contributed by atoms with Crippen LogP contribution in [0.1, 0.15) is 11.3 Å². The van der Waals surface area contributed by atoms with Gasteiger partial charge in [-0.2, -0.15) is 5.10 Å². The molecule has 0 saturated heterocycles. The van der Waals surface area contributed by atoms with Crippen LogP contribution in [0.3, 0.4) is 0 Å². The quantitative estimate of drug-likeness (QED) is 0.781. The SMILES string of the molecule is Cc1[nH]nc(-c2ccc3c(c2)OCC3)c1-c1ccccn1. The van der Waals surface area contributed by atoms with E-state index in [1.54, 1.807) is 6.20 Å². The normalized spacial score (nSPS) is 13.0.